The summed E-state index contributed by atoms with van der Waals surface area (Å²) in [5, 5.41) is 6.77. The molecular formula is C19H18N4O3. The van der Waals surface area contributed by atoms with Crippen molar-refractivity contribution in [2.45, 2.75) is 32.4 Å². The van der Waals surface area contributed by atoms with Crippen LogP contribution in [0.3, 0.4) is 0 Å². The van der Waals surface area contributed by atoms with Gasteiger partial charge in [-0.15, -0.1) is 0 Å². The van der Waals surface area contributed by atoms with Gasteiger partial charge in [-0.3, -0.25) is 9.59 Å². The van der Waals surface area contributed by atoms with E-state index in [2.05, 4.69) is 21.5 Å². The lowest BCUT2D eigenvalue weighted by atomic mass is 10.1. The molecule has 0 fully saturated rings. The minimum Gasteiger partial charge on any atom is -0.348 e. The molecule has 2 heterocycles. The second kappa shape index (κ2) is 6.59. The molecule has 3 aromatic rings. The Labute approximate surface area is 149 Å². The summed E-state index contributed by atoms with van der Waals surface area (Å²) in [6.45, 7) is 1.66. The molecule has 7 nitrogen and oxygen atoms in total. The van der Waals surface area contributed by atoms with Crippen LogP contribution in [0.15, 0.2) is 51.9 Å². The fourth-order valence-electron chi connectivity index (χ4n) is 3.30. The highest BCUT2D eigenvalue weighted by Gasteiger charge is 2.23. The first kappa shape index (κ1) is 16.3. The van der Waals surface area contributed by atoms with E-state index in [-0.39, 0.29) is 24.1 Å². The summed E-state index contributed by atoms with van der Waals surface area (Å²) < 4.78 is 6.47. The third-order valence-electron chi connectivity index (χ3n) is 4.54. The fourth-order valence-corrected chi connectivity index (χ4v) is 3.30. The highest BCUT2D eigenvalue weighted by atomic mass is 16.5. The van der Waals surface area contributed by atoms with E-state index < -0.39 is 0 Å². The van der Waals surface area contributed by atoms with Crippen molar-refractivity contribution < 1.29 is 9.32 Å². The van der Waals surface area contributed by atoms with Crippen molar-refractivity contribution in [1.82, 2.24) is 20.0 Å². The zero-order valence-corrected chi connectivity index (χ0v) is 14.3. The van der Waals surface area contributed by atoms with Gasteiger partial charge in [-0.1, -0.05) is 29.4 Å². The van der Waals surface area contributed by atoms with Gasteiger partial charge in [0.1, 0.15) is 6.54 Å². The molecule has 0 aliphatic heterocycles. The summed E-state index contributed by atoms with van der Waals surface area (Å²) in [6, 6.07) is 11.1. The Kier molecular flexibility index (Phi) is 4.12. The molecule has 2 aromatic heterocycles. The average Bonchev–Trinajstić information content (AvgIpc) is 3.24. The maximum absolute atomic E-state index is 12.5. The van der Waals surface area contributed by atoms with Gasteiger partial charge in [0.2, 0.25) is 5.91 Å². The smallest absolute Gasteiger partial charge is 0.259 e. The first-order valence-electron chi connectivity index (χ1n) is 8.48. The lowest BCUT2D eigenvalue weighted by molar-refractivity contribution is -0.122. The van der Waals surface area contributed by atoms with Crippen LogP contribution < -0.4 is 10.9 Å². The monoisotopic (exact) mass is 350 g/mol. The van der Waals surface area contributed by atoms with Crippen LogP contribution >= 0.6 is 0 Å². The normalized spacial score (nSPS) is 15.7. The van der Waals surface area contributed by atoms with Gasteiger partial charge in [0, 0.05) is 12.3 Å². The van der Waals surface area contributed by atoms with Crippen LogP contribution in [-0.2, 0) is 17.8 Å². The number of fused-ring (bicyclic) bond motifs is 1. The van der Waals surface area contributed by atoms with Crippen molar-refractivity contribution in [3.05, 3.63) is 69.9 Å². The number of hydrogen-bond donors (Lipinski definition) is 1. The molecule has 0 radical (unpaired) electrons. The van der Waals surface area contributed by atoms with Gasteiger partial charge >= 0.3 is 0 Å². The number of hydrogen-bond acceptors (Lipinski definition) is 5. The standard InChI is InChI=1S/C19H18N4O3/c1-12-20-19(26-22-12)14-7-9-18(25)23(10-14)11-17(24)21-16-8-6-13-4-2-3-5-15(13)16/h2-5,7,9-10,16H,6,8,11H2,1H3,(H,21,24)/t16-/m0/s1. The minimum atomic E-state index is -0.257. The summed E-state index contributed by atoms with van der Waals surface area (Å²) >= 11 is 0. The first-order chi connectivity index (χ1) is 12.6. The molecule has 7 heteroatoms. The maximum atomic E-state index is 12.5. The number of pyridine rings is 1. The number of nitrogens with one attached hydrogen (secondary N) is 1. The number of nitrogens with zero attached hydrogens (tertiary/aromatic N) is 3. The summed E-state index contributed by atoms with van der Waals surface area (Å²) in [4.78, 5) is 28.7. The SMILES string of the molecule is Cc1noc(-c2ccc(=O)n(CC(=O)N[C@H]3CCc4ccccc43)c2)n1. The van der Waals surface area contributed by atoms with Crippen LogP contribution in [0.5, 0.6) is 0 Å². The van der Waals surface area contributed by atoms with E-state index in [1.807, 2.05) is 18.2 Å². The van der Waals surface area contributed by atoms with Gasteiger partial charge in [-0.2, -0.15) is 4.98 Å². The molecule has 0 unspecified atom stereocenters. The summed E-state index contributed by atoms with van der Waals surface area (Å²) in [6.07, 6.45) is 3.39. The summed E-state index contributed by atoms with van der Waals surface area (Å²) in [5.74, 6) is 0.629. The quantitative estimate of drug-likeness (QED) is 0.777. The first-order valence-corrected chi connectivity index (χ1v) is 8.48. The Morgan fingerprint density at radius 1 is 1.31 bits per heavy atom. The van der Waals surface area contributed by atoms with E-state index in [9.17, 15) is 9.59 Å². The highest BCUT2D eigenvalue weighted by Crippen LogP contribution is 2.30. The molecule has 0 saturated carbocycles. The molecule has 132 valence electrons. The van der Waals surface area contributed by atoms with Gasteiger partial charge in [-0.05, 0) is 37.0 Å². The second-order valence-corrected chi connectivity index (χ2v) is 6.39. The van der Waals surface area contributed by atoms with E-state index in [4.69, 9.17) is 4.52 Å². The average molecular weight is 350 g/mol. The molecule has 0 bridgehead atoms. The van der Waals surface area contributed by atoms with Gasteiger partial charge < -0.3 is 14.4 Å². The number of aryl methyl sites for hydroxylation is 2. The number of aromatic nitrogens is 3. The molecule has 1 atom stereocenters. The number of rotatable bonds is 4. The Balaban J connectivity index is 1.50. The third-order valence-corrected chi connectivity index (χ3v) is 4.54. The predicted octanol–water partition coefficient (Wildman–Crippen LogP) is 2.01. The third kappa shape index (κ3) is 3.15. The number of carbonyl (C=O) groups is 1. The Hall–Kier alpha value is -3.22. The van der Waals surface area contributed by atoms with E-state index in [1.54, 1.807) is 19.2 Å². The molecule has 26 heavy (non-hydrogen) atoms. The van der Waals surface area contributed by atoms with Gasteiger partial charge in [0.25, 0.3) is 11.4 Å². The van der Waals surface area contributed by atoms with E-state index in [1.165, 1.54) is 16.2 Å². The Bertz CT molecular complexity index is 1020. The molecule has 1 N–H and O–H groups in total. The van der Waals surface area contributed by atoms with Gasteiger partial charge in [0.15, 0.2) is 5.82 Å². The van der Waals surface area contributed by atoms with Crippen molar-refractivity contribution in [1.29, 1.82) is 0 Å². The van der Waals surface area contributed by atoms with Crippen LogP contribution in [0.25, 0.3) is 11.5 Å². The van der Waals surface area contributed by atoms with Crippen LogP contribution in [0, 0.1) is 6.92 Å². The Morgan fingerprint density at radius 3 is 2.96 bits per heavy atom. The van der Waals surface area contributed by atoms with Crippen LogP contribution in [0.2, 0.25) is 0 Å². The van der Waals surface area contributed by atoms with E-state index >= 15 is 0 Å². The highest BCUT2D eigenvalue weighted by molar-refractivity contribution is 5.76. The summed E-state index contributed by atoms with van der Waals surface area (Å²) in [7, 11) is 0. The van der Waals surface area contributed by atoms with Crippen molar-refractivity contribution in [2.24, 2.45) is 0 Å². The Morgan fingerprint density at radius 2 is 2.15 bits per heavy atom. The molecule has 1 aromatic carbocycles. The summed E-state index contributed by atoms with van der Waals surface area (Å²) in [5.41, 5.74) is 2.77. The largest absolute Gasteiger partial charge is 0.348 e. The lowest BCUT2D eigenvalue weighted by Gasteiger charge is -2.15. The number of amides is 1. The van der Waals surface area contributed by atoms with Gasteiger partial charge in [-0.25, -0.2) is 0 Å². The van der Waals surface area contributed by atoms with Crippen molar-refractivity contribution in [2.75, 3.05) is 0 Å². The minimum absolute atomic E-state index is 0.00354. The predicted molar refractivity (Wildman–Crippen MR) is 94.4 cm³/mol. The van der Waals surface area contributed by atoms with Crippen LogP contribution in [0.1, 0.15) is 29.4 Å². The molecule has 0 spiro atoms. The molecule has 4 rings (SSSR count). The van der Waals surface area contributed by atoms with Crippen LogP contribution in [-0.4, -0.2) is 20.6 Å². The second-order valence-electron chi connectivity index (χ2n) is 6.39. The van der Waals surface area contributed by atoms with Gasteiger partial charge in [0.05, 0.1) is 11.6 Å². The fraction of sp³-hybridized carbons (Fsp3) is 0.263. The van der Waals surface area contributed by atoms with Crippen molar-refractivity contribution >= 4 is 5.91 Å². The molecule has 0 saturated heterocycles. The zero-order chi connectivity index (χ0) is 18.1. The number of benzene rings is 1. The number of carbonyl (C=O) groups excluding carboxylic acids is 1. The molecule has 1 amide bonds. The molecule has 1 aliphatic rings. The van der Waals surface area contributed by atoms with Crippen LogP contribution in [0.4, 0.5) is 0 Å². The molecular weight excluding hydrogens is 332 g/mol. The maximum Gasteiger partial charge on any atom is 0.259 e. The lowest BCUT2D eigenvalue weighted by Crippen LogP contribution is -2.33. The zero-order valence-electron chi connectivity index (χ0n) is 14.3. The van der Waals surface area contributed by atoms with Crippen molar-refractivity contribution in [3.63, 3.8) is 0 Å². The van der Waals surface area contributed by atoms with E-state index in [0.29, 0.717) is 17.3 Å². The van der Waals surface area contributed by atoms with Crippen molar-refractivity contribution in [3.8, 4) is 11.5 Å². The topological polar surface area (TPSA) is 90.0 Å². The van der Waals surface area contributed by atoms with E-state index in [0.717, 1.165) is 18.4 Å². The molecule has 1 aliphatic carbocycles.